The number of nitrogens with zero attached hydrogens (tertiary/aromatic N) is 1. The average Bonchev–Trinajstić information content (AvgIpc) is 2.43. The van der Waals surface area contributed by atoms with Gasteiger partial charge in [-0.25, -0.2) is 9.86 Å². The highest BCUT2D eigenvalue weighted by Gasteiger charge is 2.09. The SMILES string of the molecule is CON(C)C(=O)CNc1cc(=O)oc2ccccc12. The van der Waals surface area contributed by atoms with Gasteiger partial charge in [-0.2, -0.15) is 0 Å². The summed E-state index contributed by atoms with van der Waals surface area (Å²) in [6.07, 6.45) is 0. The van der Waals surface area contributed by atoms with Gasteiger partial charge in [-0.15, -0.1) is 0 Å². The first-order valence-corrected chi connectivity index (χ1v) is 5.69. The highest BCUT2D eigenvalue weighted by atomic mass is 16.7. The lowest BCUT2D eigenvalue weighted by molar-refractivity contribution is -0.166. The molecule has 1 aromatic heterocycles. The molecule has 1 amide bonds. The van der Waals surface area contributed by atoms with E-state index in [1.807, 2.05) is 12.1 Å². The van der Waals surface area contributed by atoms with Crippen LogP contribution in [-0.4, -0.2) is 31.7 Å². The van der Waals surface area contributed by atoms with Gasteiger partial charge in [0.1, 0.15) is 5.58 Å². The Balaban J connectivity index is 2.25. The Morgan fingerprint density at radius 1 is 1.42 bits per heavy atom. The Hall–Kier alpha value is -2.34. The third-order valence-corrected chi connectivity index (χ3v) is 2.71. The van der Waals surface area contributed by atoms with Crippen molar-refractivity contribution in [2.45, 2.75) is 0 Å². The van der Waals surface area contributed by atoms with Crippen LogP contribution in [0.15, 0.2) is 39.5 Å². The zero-order valence-corrected chi connectivity index (χ0v) is 10.7. The number of hydrogen-bond donors (Lipinski definition) is 1. The summed E-state index contributed by atoms with van der Waals surface area (Å²) < 4.78 is 5.06. The Morgan fingerprint density at radius 3 is 2.89 bits per heavy atom. The topological polar surface area (TPSA) is 71.8 Å². The highest BCUT2D eigenvalue weighted by Crippen LogP contribution is 2.20. The molecule has 0 fully saturated rings. The largest absolute Gasteiger partial charge is 0.423 e. The van der Waals surface area contributed by atoms with Crippen LogP contribution in [0.1, 0.15) is 0 Å². The van der Waals surface area contributed by atoms with Crippen LogP contribution in [0.2, 0.25) is 0 Å². The molecule has 0 radical (unpaired) electrons. The van der Waals surface area contributed by atoms with Crippen molar-refractivity contribution < 1.29 is 14.0 Å². The standard InChI is InChI=1S/C13H14N2O4/c1-15(18-2)12(16)8-14-10-7-13(17)19-11-6-4-3-5-9(10)11/h3-7,14H,8H2,1-2H3. The number of hydrogen-bond acceptors (Lipinski definition) is 5. The quantitative estimate of drug-likeness (QED) is 0.662. The number of amides is 1. The van der Waals surface area contributed by atoms with Crippen LogP contribution in [0.4, 0.5) is 5.69 Å². The summed E-state index contributed by atoms with van der Waals surface area (Å²) in [5.74, 6) is -0.250. The van der Waals surface area contributed by atoms with Gasteiger partial charge < -0.3 is 9.73 Å². The summed E-state index contributed by atoms with van der Waals surface area (Å²) >= 11 is 0. The summed E-state index contributed by atoms with van der Waals surface area (Å²) in [7, 11) is 2.92. The maximum absolute atomic E-state index is 11.6. The summed E-state index contributed by atoms with van der Waals surface area (Å²) in [6, 6.07) is 8.44. The fourth-order valence-corrected chi connectivity index (χ4v) is 1.64. The first kappa shape index (κ1) is 13.1. The number of benzene rings is 1. The maximum Gasteiger partial charge on any atom is 0.338 e. The van der Waals surface area contributed by atoms with Crippen molar-refractivity contribution in [1.29, 1.82) is 0 Å². The molecule has 0 aliphatic heterocycles. The number of carbonyl (C=O) groups is 1. The van der Waals surface area contributed by atoms with E-state index >= 15 is 0 Å². The molecule has 100 valence electrons. The molecule has 0 saturated carbocycles. The predicted octanol–water partition coefficient (Wildman–Crippen LogP) is 1.22. The highest BCUT2D eigenvalue weighted by molar-refractivity contribution is 5.91. The summed E-state index contributed by atoms with van der Waals surface area (Å²) in [4.78, 5) is 27.8. The van der Waals surface area contributed by atoms with Crippen molar-refractivity contribution in [3.63, 3.8) is 0 Å². The molecule has 0 bridgehead atoms. The molecule has 1 aromatic carbocycles. The van der Waals surface area contributed by atoms with E-state index in [1.165, 1.54) is 20.2 Å². The Kier molecular flexibility index (Phi) is 3.82. The number of hydroxylamine groups is 2. The molecule has 2 rings (SSSR count). The zero-order valence-electron chi connectivity index (χ0n) is 10.7. The lowest BCUT2D eigenvalue weighted by Crippen LogP contribution is -2.31. The summed E-state index contributed by atoms with van der Waals surface area (Å²) in [5.41, 5.74) is 0.573. The van der Waals surface area contributed by atoms with Crippen LogP contribution in [-0.2, 0) is 9.63 Å². The predicted molar refractivity (Wildman–Crippen MR) is 70.8 cm³/mol. The molecule has 1 heterocycles. The fraction of sp³-hybridized carbons (Fsp3) is 0.231. The third kappa shape index (κ3) is 2.92. The van der Waals surface area contributed by atoms with Crippen molar-refractivity contribution in [3.05, 3.63) is 40.8 Å². The van der Waals surface area contributed by atoms with E-state index in [0.29, 0.717) is 11.3 Å². The van der Waals surface area contributed by atoms with Gasteiger partial charge in [-0.05, 0) is 12.1 Å². The van der Waals surface area contributed by atoms with Gasteiger partial charge >= 0.3 is 5.63 Å². The summed E-state index contributed by atoms with van der Waals surface area (Å²) in [6.45, 7) is 0.0256. The zero-order chi connectivity index (χ0) is 13.8. The van der Waals surface area contributed by atoms with E-state index in [2.05, 4.69) is 5.32 Å². The van der Waals surface area contributed by atoms with Crippen LogP contribution in [0.3, 0.4) is 0 Å². The Morgan fingerprint density at radius 2 is 2.16 bits per heavy atom. The number of para-hydroxylation sites is 1. The molecule has 0 aliphatic carbocycles. The lowest BCUT2D eigenvalue weighted by Gasteiger charge is -2.14. The Bertz CT molecular complexity index is 650. The van der Waals surface area contributed by atoms with E-state index in [0.717, 1.165) is 10.4 Å². The van der Waals surface area contributed by atoms with Gasteiger partial charge in [0, 0.05) is 18.5 Å². The molecule has 2 aromatic rings. The minimum Gasteiger partial charge on any atom is -0.423 e. The van der Waals surface area contributed by atoms with Gasteiger partial charge in [0.25, 0.3) is 5.91 Å². The van der Waals surface area contributed by atoms with Gasteiger partial charge in [-0.1, -0.05) is 12.1 Å². The minimum atomic E-state index is -0.464. The molecule has 0 unspecified atom stereocenters. The van der Waals surface area contributed by atoms with Crippen LogP contribution in [0.25, 0.3) is 11.0 Å². The molecular weight excluding hydrogens is 248 g/mol. The monoisotopic (exact) mass is 262 g/mol. The maximum atomic E-state index is 11.6. The Labute approximate surface area is 109 Å². The number of likely N-dealkylation sites (N-methyl/N-ethyl adjacent to an activating group) is 1. The van der Waals surface area contributed by atoms with Crippen molar-refractivity contribution >= 4 is 22.6 Å². The van der Waals surface area contributed by atoms with Crippen LogP contribution < -0.4 is 10.9 Å². The molecule has 19 heavy (non-hydrogen) atoms. The number of rotatable bonds is 4. The third-order valence-electron chi connectivity index (χ3n) is 2.71. The second kappa shape index (κ2) is 5.53. The fourth-order valence-electron chi connectivity index (χ4n) is 1.64. The van der Waals surface area contributed by atoms with Gasteiger partial charge in [0.2, 0.25) is 0 Å². The van der Waals surface area contributed by atoms with E-state index < -0.39 is 5.63 Å². The average molecular weight is 262 g/mol. The van der Waals surface area contributed by atoms with E-state index in [1.54, 1.807) is 12.1 Å². The normalized spacial score (nSPS) is 10.4. The van der Waals surface area contributed by atoms with Crippen molar-refractivity contribution in [1.82, 2.24) is 5.06 Å². The minimum absolute atomic E-state index is 0.0256. The van der Waals surface area contributed by atoms with Gasteiger partial charge in [0.05, 0.1) is 19.3 Å². The van der Waals surface area contributed by atoms with Crippen LogP contribution >= 0.6 is 0 Å². The molecule has 6 nitrogen and oxygen atoms in total. The number of fused-ring (bicyclic) bond motifs is 1. The van der Waals surface area contributed by atoms with Crippen molar-refractivity contribution in [3.8, 4) is 0 Å². The molecular formula is C13H14N2O4. The number of anilines is 1. The van der Waals surface area contributed by atoms with E-state index in [-0.39, 0.29) is 12.5 Å². The molecule has 0 spiro atoms. The van der Waals surface area contributed by atoms with Crippen molar-refractivity contribution in [2.24, 2.45) is 0 Å². The van der Waals surface area contributed by atoms with Gasteiger partial charge in [-0.3, -0.25) is 9.63 Å². The van der Waals surface area contributed by atoms with Gasteiger partial charge in [0.15, 0.2) is 0 Å². The first-order chi connectivity index (χ1) is 9.11. The second-order valence-corrected chi connectivity index (χ2v) is 3.90. The van der Waals surface area contributed by atoms with E-state index in [9.17, 15) is 9.59 Å². The van der Waals surface area contributed by atoms with Crippen LogP contribution in [0, 0.1) is 0 Å². The first-order valence-electron chi connectivity index (χ1n) is 5.69. The molecule has 1 N–H and O–H groups in total. The van der Waals surface area contributed by atoms with Crippen molar-refractivity contribution in [2.75, 3.05) is 26.0 Å². The molecule has 6 heteroatoms. The second-order valence-electron chi connectivity index (χ2n) is 3.90. The van der Waals surface area contributed by atoms with E-state index in [4.69, 9.17) is 9.25 Å². The molecule has 0 atom stereocenters. The van der Waals surface area contributed by atoms with Crippen LogP contribution in [0.5, 0.6) is 0 Å². The smallest absolute Gasteiger partial charge is 0.338 e. The number of carbonyl (C=O) groups excluding carboxylic acids is 1. The molecule has 0 aliphatic rings. The lowest BCUT2D eigenvalue weighted by atomic mass is 10.2. The summed E-state index contributed by atoms with van der Waals surface area (Å²) in [5, 5.41) is 4.77. The number of nitrogens with one attached hydrogen (secondary N) is 1. The molecule has 0 saturated heterocycles.